The van der Waals surface area contributed by atoms with Gasteiger partial charge in [0, 0.05) is 46.9 Å². The van der Waals surface area contributed by atoms with Crippen molar-refractivity contribution in [3.05, 3.63) is 76.9 Å². The van der Waals surface area contributed by atoms with Crippen LogP contribution in [0.25, 0.3) is 0 Å². The van der Waals surface area contributed by atoms with Crippen LogP contribution >= 0.6 is 11.8 Å². The van der Waals surface area contributed by atoms with Crippen molar-refractivity contribution in [2.45, 2.75) is 61.8 Å². The summed E-state index contributed by atoms with van der Waals surface area (Å²) < 4.78 is 0. The number of nitrogens with one attached hydrogen (secondary N) is 1. The van der Waals surface area contributed by atoms with E-state index >= 15 is 0 Å². The van der Waals surface area contributed by atoms with Crippen LogP contribution < -0.4 is 10.2 Å². The zero-order valence-electron chi connectivity index (χ0n) is 19.6. The van der Waals surface area contributed by atoms with Crippen LogP contribution in [-0.4, -0.2) is 28.7 Å². The Morgan fingerprint density at radius 2 is 1.71 bits per heavy atom. The monoisotopic (exact) mass is 470 g/mol. The molecule has 2 fully saturated rings. The second kappa shape index (κ2) is 9.06. The zero-order chi connectivity index (χ0) is 23.1. The molecule has 0 saturated heterocycles. The minimum Gasteiger partial charge on any atom is -0.347 e. The molecule has 3 heterocycles. The van der Waals surface area contributed by atoms with Gasteiger partial charge in [0.2, 0.25) is 0 Å². The van der Waals surface area contributed by atoms with Crippen LogP contribution in [0, 0.1) is 0 Å². The van der Waals surface area contributed by atoms with E-state index in [-0.39, 0.29) is 5.91 Å². The van der Waals surface area contributed by atoms with E-state index in [9.17, 15) is 4.79 Å². The molecule has 1 aromatic carbocycles. The Labute approximate surface area is 205 Å². The Kier molecular flexibility index (Phi) is 5.77. The molecule has 0 radical (unpaired) electrons. The first-order valence-electron chi connectivity index (χ1n) is 12.4. The molecule has 1 aliphatic heterocycles. The summed E-state index contributed by atoms with van der Waals surface area (Å²) in [7, 11) is 0. The van der Waals surface area contributed by atoms with E-state index in [0.717, 1.165) is 36.3 Å². The van der Waals surface area contributed by atoms with Crippen molar-refractivity contribution in [2.75, 3.05) is 17.7 Å². The first kappa shape index (κ1) is 21.7. The maximum absolute atomic E-state index is 12.8. The summed E-state index contributed by atoms with van der Waals surface area (Å²) in [6.45, 7) is 1.48. The molecule has 0 bridgehead atoms. The number of aryl methyl sites for hydroxylation is 1. The number of nitrogens with zero attached hydrogens (tertiary/aromatic N) is 3. The SMILES string of the molecule is CSc1ccc(CNC(=O)c2ccc3c(n2)CCCN3c2cc(C3CC3)nc(C3CC3)c2)cc1. The molecule has 2 saturated carbocycles. The third-order valence-corrected chi connectivity index (χ3v) is 7.78. The highest BCUT2D eigenvalue weighted by atomic mass is 32.2. The van der Waals surface area contributed by atoms with Crippen molar-refractivity contribution in [3.8, 4) is 0 Å². The van der Waals surface area contributed by atoms with E-state index in [1.807, 2.05) is 6.07 Å². The Morgan fingerprint density at radius 1 is 1.00 bits per heavy atom. The third-order valence-electron chi connectivity index (χ3n) is 7.03. The molecule has 0 spiro atoms. The van der Waals surface area contributed by atoms with E-state index in [0.29, 0.717) is 24.1 Å². The summed E-state index contributed by atoms with van der Waals surface area (Å²) in [6.07, 6.45) is 9.05. The molecule has 3 aromatic rings. The minimum absolute atomic E-state index is 0.121. The van der Waals surface area contributed by atoms with Crippen molar-refractivity contribution >= 4 is 29.0 Å². The molecule has 3 aliphatic rings. The van der Waals surface area contributed by atoms with Crippen LogP contribution in [0.15, 0.2) is 53.4 Å². The maximum Gasteiger partial charge on any atom is 0.270 e. The molecule has 5 nitrogen and oxygen atoms in total. The lowest BCUT2D eigenvalue weighted by Gasteiger charge is -2.31. The number of hydrogen-bond acceptors (Lipinski definition) is 5. The van der Waals surface area contributed by atoms with Crippen molar-refractivity contribution in [1.82, 2.24) is 15.3 Å². The lowest BCUT2D eigenvalue weighted by Crippen LogP contribution is -2.28. The number of aromatic nitrogens is 2. The van der Waals surface area contributed by atoms with Gasteiger partial charge >= 0.3 is 0 Å². The summed E-state index contributed by atoms with van der Waals surface area (Å²) in [5.74, 6) is 1.16. The smallest absolute Gasteiger partial charge is 0.270 e. The van der Waals surface area contributed by atoms with Crippen LogP contribution in [0.5, 0.6) is 0 Å². The molecule has 174 valence electrons. The maximum atomic E-state index is 12.8. The van der Waals surface area contributed by atoms with Crippen molar-refractivity contribution in [3.63, 3.8) is 0 Å². The van der Waals surface area contributed by atoms with Crippen molar-refractivity contribution in [1.29, 1.82) is 0 Å². The van der Waals surface area contributed by atoms with Gasteiger partial charge in [0.15, 0.2) is 0 Å². The summed E-state index contributed by atoms with van der Waals surface area (Å²) in [4.78, 5) is 26.2. The zero-order valence-corrected chi connectivity index (χ0v) is 20.4. The molecule has 0 atom stereocenters. The number of pyridine rings is 2. The Balaban J connectivity index is 1.21. The van der Waals surface area contributed by atoms with Crippen LogP contribution in [0.4, 0.5) is 11.4 Å². The van der Waals surface area contributed by atoms with Gasteiger partial charge in [-0.2, -0.15) is 0 Å². The fraction of sp³-hybridized carbons (Fsp3) is 0.393. The van der Waals surface area contributed by atoms with Gasteiger partial charge in [-0.05, 0) is 86.7 Å². The van der Waals surface area contributed by atoms with Gasteiger partial charge in [0.25, 0.3) is 5.91 Å². The number of rotatable bonds is 7. The topological polar surface area (TPSA) is 58.1 Å². The van der Waals surface area contributed by atoms with Gasteiger partial charge in [0.1, 0.15) is 5.69 Å². The Morgan fingerprint density at radius 3 is 2.35 bits per heavy atom. The van der Waals surface area contributed by atoms with E-state index in [1.54, 1.807) is 11.8 Å². The number of fused-ring (bicyclic) bond motifs is 1. The van der Waals surface area contributed by atoms with Crippen LogP contribution in [0.3, 0.4) is 0 Å². The highest BCUT2D eigenvalue weighted by Gasteiger charge is 2.31. The summed E-state index contributed by atoms with van der Waals surface area (Å²) in [5.41, 5.74) is 7.50. The van der Waals surface area contributed by atoms with Crippen LogP contribution in [-0.2, 0) is 13.0 Å². The number of thioether (sulfide) groups is 1. The predicted octanol–water partition coefficient (Wildman–Crippen LogP) is 5.97. The lowest BCUT2D eigenvalue weighted by molar-refractivity contribution is 0.0945. The molecule has 6 rings (SSSR count). The van der Waals surface area contributed by atoms with Crippen LogP contribution in [0.2, 0.25) is 0 Å². The van der Waals surface area contributed by atoms with Gasteiger partial charge in [-0.3, -0.25) is 9.78 Å². The molecule has 2 aromatic heterocycles. The largest absolute Gasteiger partial charge is 0.347 e. The number of carbonyl (C=O) groups excluding carboxylic acids is 1. The van der Waals surface area contributed by atoms with E-state index < -0.39 is 0 Å². The fourth-order valence-electron chi connectivity index (χ4n) is 4.75. The second-order valence-electron chi connectivity index (χ2n) is 9.67. The lowest BCUT2D eigenvalue weighted by atomic mass is 10.0. The second-order valence-corrected chi connectivity index (χ2v) is 10.6. The average Bonchev–Trinajstić information content (AvgIpc) is 3.79. The molecular weight excluding hydrogens is 440 g/mol. The molecular formula is C28H30N4OS. The van der Waals surface area contributed by atoms with Gasteiger partial charge in [0.05, 0.1) is 11.4 Å². The number of hydrogen-bond donors (Lipinski definition) is 1. The number of amides is 1. The van der Waals surface area contributed by atoms with Gasteiger partial charge in [-0.25, -0.2) is 4.98 Å². The molecule has 1 N–H and O–H groups in total. The predicted molar refractivity (Wildman–Crippen MR) is 137 cm³/mol. The highest BCUT2D eigenvalue weighted by molar-refractivity contribution is 7.98. The molecule has 6 heteroatoms. The standard InChI is InChI=1S/C28H30N4OS/c1-34-22-10-4-18(5-11-22)17-29-28(33)24-12-13-27-23(30-24)3-2-14-32(27)21-15-25(19-6-7-19)31-26(16-21)20-8-9-20/h4-5,10-13,15-16,19-20H,2-3,6-9,14,17H2,1H3,(H,29,33). The van der Waals surface area contributed by atoms with Gasteiger partial charge in [-0.1, -0.05) is 12.1 Å². The van der Waals surface area contributed by atoms with E-state index in [1.165, 1.54) is 47.7 Å². The Bertz CT molecular complexity index is 1190. The number of carbonyl (C=O) groups is 1. The highest BCUT2D eigenvalue weighted by Crippen LogP contribution is 2.45. The van der Waals surface area contributed by atoms with E-state index in [2.05, 4.69) is 58.9 Å². The Hall–Kier alpha value is -2.86. The summed E-state index contributed by atoms with van der Waals surface area (Å²) >= 11 is 1.72. The van der Waals surface area contributed by atoms with Crippen LogP contribution in [0.1, 0.15) is 77.1 Å². The van der Waals surface area contributed by atoms with Crippen molar-refractivity contribution in [2.24, 2.45) is 0 Å². The van der Waals surface area contributed by atoms with Gasteiger partial charge in [-0.15, -0.1) is 11.8 Å². The quantitative estimate of drug-likeness (QED) is 0.431. The normalized spacial score (nSPS) is 17.4. The van der Waals surface area contributed by atoms with Crippen molar-refractivity contribution < 1.29 is 4.79 Å². The first-order valence-corrected chi connectivity index (χ1v) is 13.6. The number of benzene rings is 1. The fourth-order valence-corrected chi connectivity index (χ4v) is 5.16. The van der Waals surface area contributed by atoms with E-state index in [4.69, 9.17) is 9.97 Å². The molecule has 34 heavy (non-hydrogen) atoms. The summed E-state index contributed by atoms with van der Waals surface area (Å²) in [5, 5.41) is 3.03. The van der Waals surface area contributed by atoms with Gasteiger partial charge < -0.3 is 10.2 Å². The summed E-state index contributed by atoms with van der Waals surface area (Å²) in [6, 6.07) is 16.8. The molecule has 1 amide bonds. The average molecular weight is 471 g/mol. The first-order chi connectivity index (χ1) is 16.7. The molecule has 2 aliphatic carbocycles. The third kappa shape index (κ3) is 4.56. The minimum atomic E-state index is -0.121. The number of anilines is 2. The molecule has 0 unspecified atom stereocenters.